The van der Waals surface area contributed by atoms with Crippen LogP contribution in [-0.4, -0.2) is 17.3 Å². The minimum Gasteiger partial charge on any atom is -0.493 e. The number of carbonyl (C=O) groups is 1. The zero-order valence-electron chi connectivity index (χ0n) is 13.2. The van der Waals surface area contributed by atoms with Crippen LogP contribution in [-0.2, 0) is 11.4 Å². The van der Waals surface area contributed by atoms with Crippen LogP contribution in [0.3, 0.4) is 0 Å². The van der Waals surface area contributed by atoms with Gasteiger partial charge in [0.05, 0.1) is 12.0 Å². The van der Waals surface area contributed by atoms with Crippen molar-refractivity contribution in [1.82, 2.24) is 5.32 Å². The van der Waals surface area contributed by atoms with Crippen LogP contribution >= 0.6 is 39.9 Å². The van der Waals surface area contributed by atoms with E-state index in [2.05, 4.69) is 21.2 Å². The Balaban J connectivity index is 1.75. The highest BCUT2D eigenvalue weighted by Crippen LogP contribution is 2.32. The van der Waals surface area contributed by atoms with Gasteiger partial charge in [0.15, 0.2) is 11.5 Å². The summed E-state index contributed by atoms with van der Waals surface area (Å²) in [4.78, 5) is 12.3. The number of carbonyl (C=O) groups excluding carboxylic acids is 1. The molecule has 1 saturated heterocycles. The second-order valence-corrected chi connectivity index (χ2v) is 7.81. The normalized spacial score (nSPS) is 15.4. The molecule has 7 heteroatoms. The van der Waals surface area contributed by atoms with Gasteiger partial charge in [0.25, 0.3) is 5.91 Å². The molecular formula is C18H14BrNO3S2. The van der Waals surface area contributed by atoms with Crippen LogP contribution < -0.4 is 14.8 Å². The van der Waals surface area contributed by atoms with Crippen LogP contribution in [0.2, 0.25) is 0 Å². The van der Waals surface area contributed by atoms with Crippen molar-refractivity contribution in [2.24, 2.45) is 0 Å². The Bertz CT molecular complexity index is 850. The smallest absolute Gasteiger partial charge is 0.263 e. The van der Waals surface area contributed by atoms with E-state index in [1.54, 1.807) is 13.2 Å². The zero-order valence-corrected chi connectivity index (χ0v) is 16.5. The quantitative estimate of drug-likeness (QED) is 0.552. The summed E-state index contributed by atoms with van der Waals surface area (Å²) in [5.41, 5.74) is 1.90. The number of halogens is 1. The van der Waals surface area contributed by atoms with Gasteiger partial charge in [0, 0.05) is 4.47 Å². The maximum absolute atomic E-state index is 11.7. The van der Waals surface area contributed by atoms with Gasteiger partial charge in [-0.1, -0.05) is 58.1 Å². The molecule has 0 radical (unpaired) electrons. The highest BCUT2D eigenvalue weighted by Gasteiger charge is 2.22. The molecule has 1 heterocycles. The number of ether oxygens (including phenoxy) is 2. The summed E-state index contributed by atoms with van der Waals surface area (Å²) >= 11 is 9.65. The molecule has 25 heavy (non-hydrogen) atoms. The predicted molar refractivity (Wildman–Crippen MR) is 108 cm³/mol. The molecule has 0 aliphatic carbocycles. The minimum absolute atomic E-state index is 0.176. The van der Waals surface area contributed by atoms with Crippen molar-refractivity contribution in [3.05, 3.63) is 63.0 Å². The Kier molecular flexibility index (Phi) is 5.78. The molecule has 3 rings (SSSR count). The Morgan fingerprint density at radius 1 is 1.20 bits per heavy atom. The second-order valence-electron chi connectivity index (χ2n) is 5.18. The summed E-state index contributed by atoms with van der Waals surface area (Å²) in [5.74, 6) is 1.08. The summed E-state index contributed by atoms with van der Waals surface area (Å²) in [6.07, 6.45) is 1.78. The highest BCUT2D eigenvalue weighted by molar-refractivity contribution is 9.10. The third-order valence-corrected chi connectivity index (χ3v) is 5.13. The fourth-order valence-corrected chi connectivity index (χ4v) is 3.52. The van der Waals surface area contributed by atoms with Crippen LogP contribution in [0.25, 0.3) is 6.08 Å². The van der Waals surface area contributed by atoms with Gasteiger partial charge in [-0.25, -0.2) is 0 Å². The number of thioether (sulfide) groups is 1. The van der Waals surface area contributed by atoms with Crippen LogP contribution in [0.4, 0.5) is 0 Å². The molecule has 0 spiro atoms. The van der Waals surface area contributed by atoms with E-state index >= 15 is 0 Å². The van der Waals surface area contributed by atoms with E-state index in [4.69, 9.17) is 21.7 Å². The first-order valence-corrected chi connectivity index (χ1v) is 9.37. The van der Waals surface area contributed by atoms with E-state index in [1.807, 2.05) is 42.5 Å². The first kappa shape index (κ1) is 18.0. The van der Waals surface area contributed by atoms with Gasteiger partial charge in [0.2, 0.25) is 0 Å². The lowest BCUT2D eigenvalue weighted by Gasteiger charge is -2.11. The van der Waals surface area contributed by atoms with Crippen molar-refractivity contribution in [3.63, 3.8) is 0 Å². The molecule has 0 saturated carbocycles. The molecule has 2 aromatic rings. The predicted octanol–water partition coefficient (Wildman–Crippen LogP) is 4.53. The van der Waals surface area contributed by atoms with Gasteiger partial charge in [0.1, 0.15) is 10.9 Å². The Morgan fingerprint density at radius 2 is 1.96 bits per heavy atom. The average Bonchev–Trinajstić information content (AvgIpc) is 2.92. The van der Waals surface area contributed by atoms with Crippen LogP contribution in [0.5, 0.6) is 11.5 Å². The van der Waals surface area contributed by atoms with E-state index in [-0.39, 0.29) is 5.91 Å². The second kappa shape index (κ2) is 8.03. The van der Waals surface area contributed by atoms with Crippen molar-refractivity contribution >= 4 is 56.2 Å². The van der Waals surface area contributed by atoms with E-state index in [0.717, 1.165) is 15.6 Å². The topological polar surface area (TPSA) is 47.6 Å². The minimum atomic E-state index is -0.176. The van der Waals surface area contributed by atoms with E-state index in [0.29, 0.717) is 27.3 Å². The third-order valence-electron chi connectivity index (χ3n) is 3.44. The number of nitrogens with one attached hydrogen (secondary N) is 1. The Labute approximate surface area is 163 Å². The van der Waals surface area contributed by atoms with E-state index < -0.39 is 0 Å². The average molecular weight is 436 g/mol. The number of thiocarbonyl (C=S) groups is 1. The lowest BCUT2D eigenvalue weighted by atomic mass is 10.2. The molecule has 0 aromatic heterocycles. The van der Waals surface area contributed by atoms with Crippen molar-refractivity contribution in [2.75, 3.05) is 7.11 Å². The standard InChI is InChI=1S/C18H14BrNO3S2/c1-22-15-8-12(9-16-17(21)20-18(24)25-16)4-7-14(15)23-10-11-2-5-13(19)6-3-11/h2-9H,10H2,1H3,(H,20,21,24)/b16-9-. The number of hydrogen-bond donors (Lipinski definition) is 1. The molecular weight excluding hydrogens is 422 g/mol. The number of rotatable bonds is 5. The van der Waals surface area contributed by atoms with Gasteiger partial charge < -0.3 is 14.8 Å². The Hall–Kier alpha value is -1.83. The molecule has 1 amide bonds. The first-order valence-electron chi connectivity index (χ1n) is 7.35. The van der Waals surface area contributed by atoms with Crippen molar-refractivity contribution in [3.8, 4) is 11.5 Å². The molecule has 0 bridgehead atoms. The van der Waals surface area contributed by atoms with Gasteiger partial charge in [-0.3, -0.25) is 4.79 Å². The molecule has 4 nitrogen and oxygen atoms in total. The number of benzene rings is 2. The van der Waals surface area contributed by atoms with Gasteiger partial charge in [-0.15, -0.1) is 0 Å². The van der Waals surface area contributed by atoms with Crippen LogP contribution in [0.15, 0.2) is 51.8 Å². The monoisotopic (exact) mass is 435 g/mol. The molecule has 0 atom stereocenters. The number of methoxy groups -OCH3 is 1. The van der Waals surface area contributed by atoms with Crippen molar-refractivity contribution < 1.29 is 14.3 Å². The van der Waals surface area contributed by atoms with Gasteiger partial charge in [-0.2, -0.15) is 0 Å². The van der Waals surface area contributed by atoms with Crippen LogP contribution in [0.1, 0.15) is 11.1 Å². The van der Waals surface area contributed by atoms with Crippen molar-refractivity contribution in [1.29, 1.82) is 0 Å². The molecule has 1 N–H and O–H groups in total. The maximum Gasteiger partial charge on any atom is 0.263 e. The maximum atomic E-state index is 11.7. The molecule has 128 valence electrons. The fourth-order valence-electron chi connectivity index (χ4n) is 2.21. The third kappa shape index (κ3) is 4.62. The lowest BCUT2D eigenvalue weighted by molar-refractivity contribution is -0.115. The fraction of sp³-hybridized carbons (Fsp3) is 0.111. The SMILES string of the molecule is COc1cc(/C=C2\SC(=S)NC2=O)ccc1OCc1ccc(Br)cc1. The lowest BCUT2D eigenvalue weighted by Crippen LogP contribution is -2.17. The molecule has 1 fully saturated rings. The molecule has 1 aliphatic rings. The molecule has 1 aliphatic heterocycles. The van der Waals surface area contributed by atoms with Gasteiger partial charge >= 0.3 is 0 Å². The van der Waals surface area contributed by atoms with Crippen molar-refractivity contribution in [2.45, 2.75) is 6.61 Å². The largest absolute Gasteiger partial charge is 0.493 e. The zero-order chi connectivity index (χ0) is 17.8. The number of hydrogen-bond acceptors (Lipinski definition) is 5. The summed E-state index contributed by atoms with van der Waals surface area (Å²) < 4.78 is 12.8. The van der Waals surface area contributed by atoms with Crippen LogP contribution in [0, 0.1) is 0 Å². The summed E-state index contributed by atoms with van der Waals surface area (Å²) in [7, 11) is 1.59. The summed E-state index contributed by atoms with van der Waals surface area (Å²) in [6, 6.07) is 13.5. The van der Waals surface area contributed by atoms with E-state index in [1.165, 1.54) is 11.8 Å². The van der Waals surface area contributed by atoms with Gasteiger partial charge in [-0.05, 0) is 41.5 Å². The summed E-state index contributed by atoms with van der Waals surface area (Å²) in [5, 5.41) is 2.60. The highest BCUT2D eigenvalue weighted by atomic mass is 79.9. The van der Waals surface area contributed by atoms with E-state index in [9.17, 15) is 4.79 Å². The number of amides is 1. The molecule has 0 unspecified atom stereocenters. The Morgan fingerprint density at radius 3 is 2.60 bits per heavy atom. The molecule has 2 aromatic carbocycles. The summed E-state index contributed by atoms with van der Waals surface area (Å²) in [6.45, 7) is 0.441. The first-order chi connectivity index (χ1) is 12.0.